The molecule has 6 heteroatoms. The first kappa shape index (κ1) is 16.9. The summed E-state index contributed by atoms with van der Waals surface area (Å²) >= 11 is 1.54. The molecule has 2 saturated heterocycles. The lowest BCUT2D eigenvalue weighted by Crippen LogP contribution is -2.43. The molecule has 0 radical (unpaired) electrons. The third kappa shape index (κ3) is 3.86. The Balaban J connectivity index is 1.48. The van der Waals surface area contributed by atoms with Crippen LogP contribution in [-0.4, -0.2) is 66.1 Å². The second-order valence-electron chi connectivity index (χ2n) is 6.96. The molecule has 0 spiro atoms. The second kappa shape index (κ2) is 7.81. The fourth-order valence-corrected chi connectivity index (χ4v) is 4.64. The molecule has 1 aromatic carbocycles. The van der Waals surface area contributed by atoms with Crippen LogP contribution in [0.3, 0.4) is 0 Å². The molecule has 0 aliphatic carbocycles. The Morgan fingerprint density at radius 2 is 2.08 bits per heavy atom. The first-order valence-corrected chi connectivity index (χ1v) is 10.1. The van der Waals surface area contributed by atoms with Crippen LogP contribution in [0.1, 0.15) is 36.0 Å². The van der Waals surface area contributed by atoms with Crippen molar-refractivity contribution < 1.29 is 9.53 Å². The van der Waals surface area contributed by atoms with Gasteiger partial charge in [-0.2, -0.15) is 0 Å². The Morgan fingerprint density at radius 3 is 2.96 bits per heavy atom. The summed E-state index contributed by atoms with van der Waals surface area (Å²) in [5.41, 5.74) is 3.50. The SMILES string of the molecule is O=C(c1cccc2ncsc12)N1CCCOC(CN2CCCCC2)C1. The number of piperidine rings is 1. The van der Waals surface area contributed by atoms with Gasteiger partial charge in [0.25, 0.3) is 5.91 Å². The van der Waals surface area contributed by atoms with Crippen molar-refractivity contribution in [3.8, 4) is 0 Å². The number of nitrogens with zero attached hydrogens (tertiary/aromatic N) is 3. The van der Waals surface area contributed by atoms with E-state index in [1.54, 1.807) is 11.3 Å². The minimum atomic E-state index is 0.115. The number of aromatic nitrogens is 1. The predicted octanol–water partition coefficient (Wildman–Crippen LogP) is 3.01. The van der Waals surface area contributed by atoms with Crippen molar-refractivity contribution in [2.75, 3.05) is 39.3 Å². The highest BCUT2D eigenvalue weighted by molar-refractivity contribution is 7.17. The summed E-state index contributed by atoms with van der Waals surface area (Å²) in [6.45, 7) is 5.46. The molecule has 134 valence electrons. The van der Waals surface area contributed by atoms with Crippen molar-refractivity contribution in [2.45, 2.75) is 31.8 Å². The smallest absolute Gasteiger partial charge is 0.255 e. The number of ether oxygens (including phenoxy) is 1. The molecule has 25 heavy (non-hydrogen) atoms. The maximum absolute atomic E-state index is 13.1. The van der Waals surface area contributed by atoms with Crippen LogP contribution >= 0.6 is 11.3 Å². The van der Waals surface area contributed by atoms with Gasteiger partial charge < -0.3 is 14.5 Å². The Labute approximate surface area is 152 Å². The van der Waals surface area contributed by atoms with Gasteiger partial charge in [-0.3, -0.25) is 4.79 Å². The molecule has 3 heterocycles. The van der Waals surface area contributed by atoms with Crippen molar-refractivity contribution >= 4 is 27.5 Å². The zero-order valence-electron chi connectivity index (χ0n) is 14.5. The van der Waals surface area contributed by atoms with E-state index in [0.29, 0.717) is 6.54 Å². The van der Waals surface area contributed by atoms with Crippen molar-refractivity contribution in [2.24, 2.45) is 0 Å². The fourth-order valence-electron chi connectivity index (χ4n) is 3.85. The van der Waals surface area contributed by atoms with Gasteiger partial charge in [0.2, 0.25) is 0 Å². The van der Waals surface area contributed by atoms with Crippen molar-refractivity contribution in [1.82, 2.24) is 14.8 Å². The summed E-state index contributed by atoms with van der Waals surface area (Å²) < 4.78 is 7.04. The van der Waals surface area contributed by atoms with Gasteiger partial charge in [0.1, 0.15) is 0 Å². The summed E-state index contributed by atoms with van der Waals surface area (Å²) in [5.74, 6) is 0.115. The van der Waals surface area contributed by atoms with Gasteiger partial charge in [-0.15, -0.1) is 11.3 Å². The Hall–Kier alpha value is -1.50. The minimum absolute atomic E-state index is 0.115. The number of hydrogen-bond donors (Lipinski definition) is 0. The summed E-state index contributed by atoms with van der Waals surface area (Å²) in [6.07, 6.45) is 4.92. The molecular formula is C19H25N3O2S. The number of carbonyl (C=O) groups excluding carboxylic acids is 1. The number of thiazole rings is 1. The van der Waals surface area contributed by atoms with Crippen LogP contribution in [0.4, 0.5) is 0 Å². The molecule has 2 aliphatic rings. The zero-order chi connectivity index (χ0) is 17.1. The van der Waals surface area contributed by atoms with Gasteiger partial charge in [0.05, 0.1) is 27.4 Å². The third-order valence-electron chi connectivity index (χ3n) is 5.13. The maximum Gasteiger partial charge on any atom is 0.255 e. The third-order valence-corrected chi connectivity index (χ3v) is 6.01. The first-order valence-electron chi connectivity index (χ1n) is 9.27. The largest absolute Gasteiger partial charge is 0.375 e. The van der Waals surface area contributed by atoms with Gasteiger partial charge in [-0.25, -0.2) is 4.98 Å². The highest BCUT2D eigenvalue weighted by Gasteiger charge is 2.26. The summed E-state index contributed by atoms with van der Waals surface area (Å²) in [6, 6.07) is 5.82. The molecule has 2 fully saturated rings. The van der Waals surface area contributed by atoms with Crippen LogP contribution in [0.25, 0.3) is 10.2 Å². The van der Waals surface area contributed by atoms with Crippen LogP contribution < -0.4 is 0 Å². The highest BCUT2D eigenvalue weighted by Crippen LogP contribution is 2.24. The first-order chi connectivity index (χ1) is 12.3. The molecule has 4 rings (SSSR count). The van der Waals surface area contributed by atoms with Gasteiger partial charge in [-0.05, 0) is 44.5 Å². The topological polar surface area (TPSA) is 45.7 Å². The van der Waals surface area contributed by atoms with Crippen molar-refractivity contribution in [3.05, 3.63) is 29.3 Å². The van der Waals surface area contributed by atoms with Crippen molar-refractivity contribution in [3.63, 3.8) is 0 Å². The molecule has 1 unspecified atom stereocenters. The van der Waals surface area contributed by atoms with Crippen LogP contribution in [-0.2, 0) is 4.74 Å². The Kier molecular flexibility index (Phi) is 5.29. The molecule has 0 N–H and O–H groups in total. The number of benzene rings is 1. The summed E-state index contributed by atoms with van der Waals surface area (Å²) in [7, 11) is 0. The van der Waals surface area contributed by atoms with E-state index in [1.807, 2.05) is 28.6 Å². The molecule has 2 aliphatic heterocycles. The van der Waals surface area contributed by atoms with E-state index in [9.17, 15) is 4.79 Å². The average Bonchev–Trinajstić information content (AvgIpc) is 3.01. The molecule has 5 nitrogen and oxygen atoms in total. The highest BCUT2D eigenvalue weighted by atomic mass is 32.1. The van der Waals surface area contributed by atoms with E-state index in [0.717, 1.165) is 55.0 Å². The normalized spacial score (nSPS) is 22.9. The van der Waals surface area contributed by atoms with E-state index < -0.39 is 0 Å². The zero-order valence-corrected chi connectivity index (χ0v) is 15.3. The quantitative estimate of drug-likeness (QED) is 0.845. The summed E-state index contributed by atoms with van der Waals surface area (Å²) in [5, 5.41) is 0. The number of carbonyl (C=O) groups is 1. The Morgan fingerprint density at radius 1 is 1.20 bits per heavy atom. The van der Waals surface area contributed by atoms with E-state index in [-0.39, 0.29) is 12.0 Å². The molecule has 1 amide bonds. The average molecular weight is 359 g/mol. The molecule has 2 aromatic rings. The number of hydrogen-bond acceptors (Lipinski definition) is 5. The van der Waals surface area contributed by atoms with Gasteiger partial charge in [-0.1, -0.05) is 12.5 Å². The monoisotopic (exact) mass is 359 g/mol. The number of likely N-dealkylation sites (tertiary alicyclic amines) is 1. The number of rotatable bonds is 3. The molecular weight excluding hydrogens is 334 g/mol. The van der Waals surface area contributed by atoms with Crippen LogP contribution in [0.5, 0.6) is 0 Å². The van der Waals surface area contributed by atoms with Crippen LogP contribution in [0, 0.1) is 0 Å². The molecule has 0 saturated carbocycles. The lowest BCUT2D eigenvalue weighted by molar-refractivity contribution is 0.0217. The number of amides is 1. The standard InChI is InChI=1S/C19H25N3O2S/c23-19(16-6-4-7-17-18(16)25-14-20-17)22-10-5-11-24-15(13-22)12-21-8-2-1-3-9-21/h4,6-7,14-15H,1-3,5,8-13H2. The minimum Gasteiger partial charge on any atom is -0.375 e. The predicted molar refractivity (Wildman–Crippen MR) is 100 cm³/mol. The lowest BCUT2D eigenvalue weighted by atomic mass is 10.1. The second-order valence-corrected chi connectivity index (χ2v) is 7.82. The molecule has 1 aromatic heterocycles. The lowest BCUT2D eigenvalue weighted by Gasteiger charge is -2.31. The van der Waals surface area contributed by atoms with E-state index >= 15 is 0 Å². The molecule has 1 atom stereocenters. The van der Waals surface area contributed by atoms with E-state index in [4.69, 9.17) is 4.74 Å². The van der Waals surface area contributed by atoms with E-state index in [2.05, 4.69) is 9.88 Å². The Bertz CT molecular complexity index is 726. The van der Waals surface area contributed by atoms with Crippen molar-refractivity contribution in [1.29, 1.82) is 0 Å². The van der Waals surface area contributed by atoms with E-state index in [1.165, 1.54) is 19.3 Å². The maximum atomic E-state index is 13.1. The van der Waals surface area contributed by atoms with Gasteiger partial charge >= 0.3 is 0 Å². The fraction of sp³-hybridized carbons (Fsp3) is 0.579. The number of fused-ring (bicyclic) bond motifs is 1. The molecule has 0 bridgehead atoms. The van der Waals surface area contributed by atoms with Crippen LogP contribution in [0.15, 0.2) is 23.7 Å². The van der Waals surface area contributed by atoms with Gasteiger partial charge in [0, 0.05) is 26.2 Å². The van der Waals surface area contributed by atoms with Crippen LogP contribution in [0.2, 0.25) is 0 Å². The van der Waals surface area contributed by atoms with Gasteiger partial charge in [0.15, 0.2) is 0 Å². The summed E-state index contributed by atoms with van der Waals surface area (Å²) in [4.78, 5) is 21.9.